The average Bonchev–Trinajstić information content (AvgIpc) is 2.72. The summed E-state index contributed by atoms with van der Waals surface area (Å²) in [5.74, 6) is 0.282. The fourth-order valence-corrected chi connectivity index (χ4v) is 5.24. The van der Waals surface area contributed by atoms with E-state index in [0.29, 0.717) is 17.7 Å². The van der Waals surface area contributed by atoms with Gasteiger partial charge in [-0.2, -0.15) is 0 Å². The summed E-state index contributed by atoms with van der Waals surface area (Å²) in [5, 5.41) is 0. The Kier molecular flexibility index (Phi) is 9.47. The largest absolute Gasteiger partial charge is 0.428 e. The second-order valence-corrected chi connectivity index (χ2v) is 14.7. The molecule has 0 N–H and O–H groups in total. The Labute approximate surface area is 188 Å². The average molecular weight is 437 g/mol. The summed E-state index contributed by atoms with van der Waals surface area (Å²) < 4.78 is 12.2. The molecule has 0 unspecified atom stereocenters. The standard InChI is InChI=1S/C27H36O3Si/c1-7-25(30-27(28)24-16-12-9-13-17-24)19-26(18-21(2)20-31(4,5)6)29-22(3)23-14-10-8-11-15-23/h7-17,22,26H,2,18-20H2,1,3-6H3/b25-7-/t22-,26-/m0/s1. The fraction of sp³-hybridized carbons (Fsp3) is 0.370. The number of carbonyl (C=O) groups is 1. The zero-order valence-corrected chi connectivity index (χ0v) is 20.6. The summed E-state index contributed by atoms with van der Waals surface area (Å²) in [4.78, 5) is 12.5. The number of allylic oxidation sites excluding steroid dienone is 1. The predicted molar refractivity (Wildman–Crippen MR) is 132 cm³/mol. The molecule has 0 saturated heterocycles. The first kappa shape index (κ1) is 24.8. The van der Waals surface area contributed by atoms with Crippen molar-refractivity contribution in [2.45, 2.75) is 64.6 Å². The monoisotopic (exact) mass is 436 g/mol. The second-order valence-electron chi connectivity index (χ2n) is 9.22. The van der Waals surface area contributed by atoms with Crippen LogP contribution in [0.2, 0.25) is 25.7 Å². The molecule has 0 aliphatic rings. The van der Waals surface area contributed by atoms with Crippen LogP contribution in [0.4, 0.5) is 0 Å². The maximum absolute atomic E-state index is 12.5. The summed E-state index contributed by atoms with van der Waals surface area (Å²) in [6.45, 7) is 15.3. The molecular weight excluding hydrogens is 400 g/mol. The van der Waals surface area contributed by atoms with Gasteiger partial charge in [0.05, 0.1) is 17.8 Å². The van der Waals surface area contributed by atoms with Crippen LogP contribution in [-0.4, -0.2) is 20.1 Å². The van der Waals surface area contributed by atoms with Gasteiger partial charge in [-0.25, -0.2) is 4.79 Å². The van der Waals surface area contributed by atoms with Crippen molar-refractivity contribution in [3.8, 4) is 0 Å². The van der Waals surface area contributed by atoms with E-state index in [2.05, 4.69) is 45.3 Å². The first-order valence-corrected chi connectivity index (χ1v) is 14.7. The smallest absolute Gasteiger partial charge is 0.343 e. The van der Waals surface area contributed by atoms with Gasteiger partial charge in [-0.05, 0) is 50.1 Å². The molecule has 2 atom stereocenters. The van der Waals surface area contributed by atoms with Crippen LogP contribution < -0.4 is 0 Å². The summed E-state index contributed by atoms with van der Waals surface area (Å²) >= 11 is 0. The normalized spacial score (nSPS) is 14.0. The van der Waals surface area contributed by atoms with Gasteiger partial charge in [-0.15, -0.1) is 6.58 Å². The van der Waals surface area contributed by atoms with Crippen LogP contribution in [0, 0.1) is 0 Å². The van der Waals surface area contributed by atoms with Gasteiger partial charge in [0.1, 0.15) is 5.76 Å². The van der Waals surface area contributed by atoms with Gasteiger partial charge in [-0.3, -0.25) is 0 Å². The van der Waals surface area contributed by atoms with Gasteiger partial charge >= 0.3 is 5.97 Å². The maximum atomic E-state index is 12.5. The van der Waals surface area contributed by atoms with Crippen LogP contribution >= 0.6 is 0 Å². The SMILES string of the molecule is C=C(C[C@@H](C/C(=C/C)OC(=O)c1ccccc1)O[C@@H](C)c1ccccc1)C[Si](C)(C)C. The lowest BCUT2D eigenvalue weighted by Gasteiger charge is -2.26. The third-order valence-corrected chi connectivity index (χ3v) is 6.51. The van der Waals surface area contributed by atoms with E-state index in [-0.39, 0.29) is 18.2 Å². The molecule has 2 aromatic carbocycles. The van der Waals surface area contributed by atoms with Crippen molar-refractivity contribution in [2.24, 2.45) is 0 Å². The molecule has 0 fully saturated rings. The Morgan fingerprint density at radius 3 is 2.13 bits per heavy atom. The number of esters is 1. The van der Waals surface area contributed by atoms with Crippen LogP contribution in [0.25, 0.3) is 0 Å². The minimum Gasteiger partial charge on any atom is -0.428 e. The zero-order chi connectivity index (χ0) is 22.9. The van der Waals surface area contributed by atoms with Crippen molar-refractivity contribution in [3.05, 3.63) is 95.8 Å². The maximum Gasteiger partial charge on any atom is 0.343 e. The lowest BCUT2D eigenvalue weighted by Crippen LogP contribution is -2.23. The van der Waals surface area contributed by atoms with Crippen molar-refractivity contribution >= 4 is 14.0 Å². The van der Waals surface area contributed by atoms with E-state index in [0.717, 1.165) is 18.0 Å². The number of rotatable bonds is 11. The highest BCUT2D eigenvalue weighted by atomic mass is 28.3. The van der Waals surface area contributed by atoms with Crippen LogP contribution in [0.5, 0.6) is 0 Å². The lowest BCUT2D eigenvalue weighted by molar-refractivity contribution is -0.00926. The first-order valence-electron chi connectivity index (χ1n) is 11.0. The van der Waals surface area contributed by atoms with E-state index < -0.39 is 8.07 Å². The van der Waals surface area contributed by atoms with Gasteiger partial charge in [0.15, 0.2) is 0 Å². The molecule has 3 nitrogen and oxygen atoms in total. The molecule has 0 saturated carbocycles. The molecule has 0 bridgehead atoms. The predicted octanol–water partition coefficient (Wildman–Crippen LogP) is 7.57. The van der Waals surface area contributed by atoms with Crippen LogP contribution in [0.3, 0.4) is 0 Å². The number of ether oxygens (including phenoxy) is 2. The molecule has 166 valence electrons. The summed E-state index contributed by atoms with van der Waals surface area (Å²) in [7, 11) is -1.26. The quantitative estimate of drug-likeness (QED) is 0.158. The highest BCUT2D eigenvalue weighted by Gasteiger charge is 2.22. The molecule has 0 heterocycles. The minimum absolute atomic E-state index is 0.0613. The topological polar surface area (TPSA) is 35.5 Å². The summed E-state index contributed by atoms with van der Waals surface area (Å²) in [6, 6.07) is 20.3. The lowest BCUT2D eigenvalue weighted by atomic mass is 10.1. The molecule has 0 aliphatic heterocycles. The Morgan fingerprint density at radius 2 is 1.58 bits per heavy atom. The molecular formula is C27H36O3Si. The molecule has 0 amide bonds. The first-order chi connectivity index (χ1) is 14.7. The summed E-state index contributed by atoms with van der Waals surface area (Å²) in [5.41, 5.74) is 2.88. The molecule has 2 aromatic rings. The number of carbonyl (C=O) groups excluding carboxylic acids is 1. The Balaban J connectivity index is 2.11. The number of hydrogen-bond donors (Lipinski definition) is 0. The van der Waals surface area contributed by atoms with Crippen molar-refractivity contribution in [1.29, 1.82) is 0 Å². The van der Waals surface area contributed by atoms with Gasteiger partial charge in [0.2, 0.25) is 0 Å². The van der Waals surface area contributed by atoms with E-state index in [9.17, 15) is 4.79 Å². The van der Waals surface area contributed by atoms with Gasteiger partial charge in [0.25, 0.3) is 0 Å². The molecule has 31 heavy (non-hydrogen) atoms. The fourth-order valence-electron chi connectivity index (χ4n) is 3.60. The van der Waals surface area contributed by atoms with Gasteiger partial charge < -0.3 is 9.47 Å². The third kappa shape index (κ3) is 9.07. The molecule has 0 aromatic heterocycles. The third-order valence-electron chi connectivity index (χ3n) is 4.95. The zero-order valence-electron chi connectivity index (χ0n) is 19.6. The Bertz CT molecular complexity index is 866. The molecule has 0 aliphatic carbocycles. The highest BCUT2D eigenvalue weighted by Crippen LogP contribution is 2.28. The Hall–Kier alpha value is -2.43. The molecule has 2 rings (SSSR count). The van der Waals surface area contributed by atoms with Crippen molar-refractivity contribution in [3.63, 3.8) is 0 Å². The van der Waals surface area contributed by atoms with E-state index in [1.54, 1.807) is 12.1 Å². The molecule has 0 radical (unpaired) electrons. The molecule has 0 spiro atoms. The van der Waals surface area contributed by atoms with Gasteiger partial charge in [0, 0.05) is 14.5 Å². The number of hydrogen-bond acceptors (Lipinski definition) is 3. The van der Waals surface area contributed by atoms with Gasteiger partial charge in [-0.1, -0.05) is 73.7 Å². The highest BCUT2D eigenvalue weighted by molar-refractivity contribution is 6.76. The summed E-state index contributed by atoms with van der Waals surface area (Å²) in [6.07, 6.45) is 2.95. The van der Waals surface area contributed by atoms with Crippen LogP contribution in [0.1, 0.15) is 48.7 Å². The van der Waals surface area contributed by atoms with Crippen molar-refractivity contribution < 1.29 is 14.3 Å². The minimum atomic E-state index is -1.26. The van der Waals surface area contributed by atoms with E-state index >= 15 is 0 Å². The van der Waals surface area contributed by atoms with E-state index in [1.807, 2.05) is 49.4 Å². The van der Waals surface area contributed by atoms with E-state index in [1.165, 1.54) is 5.57 Å². The second kappa shape index (κ2) is 11.8. The van der Waals surface area contributed by atoms with Crippen LogP contribution in [0.15, 0.2) is 84.7 Å². The molecule has 4 heteroatoms. The van der Waals surface area contributed by atoms with Crippen molar-refractivity contribution in [2.75, 3.05) is 0 Å². The Morgan fingerprint density at radius 1 is 1.00 bits per heavy atom. The van der Waals surface area contributed by atoms with Crippen molar-refractivity contribution in [1.82, 2.24) is 0 Å². The van der Waals surface area contributed by atoms with Crippen LogP contribution in [-0.2, 0) is 9.47 Å². The van der Waals surface area contributed by atoms with E-state index in [4.69, 9.17) is 9.47 Å². The number of benzene rings is 2.